The summed E-state index contributed by atoms with van der Waals surface area (Å²) in [6.07, 6.45) is 0.144. The number of hydrogen-bond donors (Lipinski definition) is 2. The summed E-state index contributed by atoms with van der Waals surface area (Å²) in [5.41, 5.74) is 11.4. The van der Waals surface area contributed by atoms with E-state index in [-0.39, 0.29) is 12.2 Å². The van der Waals surface area contributed by atoms with Gasteiger partial charge in [-0.1, -0.05) is 11.6 Å². The molecule has 3 nitrogen and oxygen atoms in total. The van der Waals surface area contributed by atoms with E-state index in [2.05, 4.69) is 0 Å². The van der Waals surface area contributed by atoms with Crippen molar-refractivity contribution in [2.45, 2.75) is 19.4 Å². The van der Waals surface area contributed by atoms with Gasteiger partial charge in [0.1, 0.15) is 5.82 Å². The minimum Gasteiger partial charge on any atom is -0.368 e. The van der Waals surface area contributed by atoms with Crippen molar-refractivity contribution in [3.63, 3.8) is 0 Å². The van der Waals surface area contributed by atoms with Crippen LogP contribution in [-0.2, 0) is 11.2 Å². The molecule has 0 fully saturated rings. The van der Waals surface area contributed by atoms with Gasteiger partial charge in [0.05, 0.1) is 6.04 Å². The highest BCUT2D eigenvalue weighted by Gasteiger charge is 2.13. The Morgan fingerprint density at radius 1 is 1.60 bits per heavy atom. The first-order valence-corrected chi connectivity index (χ1v) is 4.79. The highest BCUT2D eigenvalue weighted by molar-refractivity contribution is 6.31. The SMILES string of the molecule is Cc1cc(Cl)c(CC(N)C(N)=O)cc1F. The first kappa shape index (κ1) is 11.9. The predicted molar refractivity (Wildman–Crippen MR) is 57.0 cm³/mol. The summed E-state index contributed by atoms with van der Waals surface area (Å²) in [6.45, 7) is 1.61. The van der Waals surface area contributed by atoms with Gasteiger partial charge in [0.15, 0.2) is 0 Å². The maximum atomic E-state index is 13.2. The lowest BCUT2D eigenvalue weighted by atomic mass is 10.0. The summed E-state index contributed by atoms with van der Waals surface area (Å²) in [5.74, 6) is -1.00. The van der Waals surface area contributed by atoms with E-state index in [1.165, 1.54) is 12.1 Å². The van der Waals surface area contributed by atoms with Crippen molar-refractivity contribution in [3.05, 3.63) is 34.1 Å². The second kappa shape index (κ2) is 4.59. The fourth-order valence-corrected chi connectivity index (χ4v) is 1.48. The van der Waals surface area contributed by atoms with Crippen LogP contribution in [0.1, 0.15) is 11.1 Å². The summed E-state index contributed by atoms with van der Waals surface area (Å²) in [4.78, 5) is 10.7. The zero-order valence-corrected chi connectivity index (χ0v) is 9.01. The topological polar surface area (TPSA) is 69.1 Å². The average Bonchev–Trinajstić information content (AvgIpc) is 2.13. The number of nitrogens with two attached hydrogens (primary N) is 2. The van der Waals surface area contributed by atoms with Gasteiger partial charge in [-0.15, -0.1) is 0 Å². The van der Waals surface area contributed by atoms with E-state index in [9.17, 15) is 9.18 Å². The number of hydrogen-bond acceptors (Lipinski definition) is 2. The minimum atomic E-state index is -0.843. The molecule has 1 aromatic carbocycles. The lowest BCUT2D eigenvalue weighted by molar-refractivity contribution is -0.119. The Morgan fingerprint density at radius 2 is 2.20 bits per heavy atom. The van der Waals surface area contributed by atoms with Crippen molar-refractivity contribution < 1.29 is 9.18 Å². The third-order valence-corrected chi connectivity index (χ3v) is 2.48. The molecule has 1 rings (SSSR count). The van der Waals surface area contributed by atoms with Crippen molar-refractivity contribution in [1.82, 2.24) is 0 Å². The van der Waals surface area contributed by atoms with Crippen LogP contribution in [0.2, 0.25) is 5.02 Å². The minimum absolute atomic E-state index is 0.144. The molecule has 82 valence electrons. The van der Waals surface area contributed by atoms with Crippen LogP contribution >= 0.6 is 11.6 Å². The van der Waals surface area contributed by atoms with Gasteiger partial charge in [-0.25, -0.2) is 4.39 Å². The number of carbonyl (C=O) groups excluding carboxylic acids is 1. The third kappa shape index (κ3) is 2.91. The molecule has 0 spiro atoms. The molecule has 0 heterocycles. The van der Waals surface area contributed by atoms with Gasteiger partial charge < -0.3 is 11.5 Å². The van der Waals surface area contributed by atoms with Gasteiger partial charge >= 0.3 is 0 Å². The van der Waals surface area contributed by atoms with E-state index in [4.69, 9.17) is 23.1 Å². The van der Waals surface area contributed by atoms with E-state index in [0.717, 1.165) is 0 Å². The van der Waals surface area contributed by atoms with Gasteiger partial charge in [-0.2, -0.15) is 0 Å². The van der Waals surface area contributed by atoms with Crippen LogP contribution < -0.4 is 11.5 Å². The van der Waals surface area contributed by atoms with Gasteiger partial charge in [0.25, 0.3) is 0 Å². The number of primary amides is 1. The van der Waals surface area contributed by atoms with Crippen molar-refractivity contribution >= 4 is 17.5 Å². The van der Waals surface area contributed by atoms with E-state index in [1.807, 2.05) is 0 Å². The van der Waals surface area contributed by atoms with Gasteiger partial charge in [0, 0.05) is 5.02 Å². The van der Waals surface area contributed by atoms with Gasteiger partial charge in [0.2, 0.25) is 5.91 Å². The smallest absolute Gasteiger partial charge is 0.234 e. The number of halogens is 2. The average molecular weight is 231 g/mol. The third-order valence-electron chi connectivity index (χ3n) is 2.13. The normalized spacial score (nSPS) is 12.5. The first-order valence-electron chi connectivity index (χ1n) is 4.41. The molecule has 0 radical (unpaired) electrons. The largest absolute Gasteiger partial charge is 0.368 e. The number of rotatable bonds is 3. The summed E-state index contributed by atoms with van der Waals surface area (Å²) >= 11 is 5.88. The molecular formula is C10H12ClFN2O. The van der Waals surface area contributed by atoms with Crippen molar-refractivity contribution in [2.75, 3.05) is 0 Å². The van der Waals surface area contributed by atoms with Crippen molar-refractivity contribution in [1.29, 1.82) is 0 Å². The Bertz CT molecular complexity index is 395. The molecule has 0 bridgehead atoms. The maximum Gasteiger partial charge on any atom is 0.234 e. The van der Waals surface area contributed by atoms with Gasteiger partial charge in [-0.3, -0.25) is 4.79 Å². The Kier molecular flexibility index (Phi) is 3.66. The molecule has 1 unspecified atom stereocenters. The molecule has 0 saturated carbocycles. The van der Waals surface area contributed by atoms with Gasteiger partial charge in [-0.05, 0) is 36.6 Å². The second-order valence-corrected chi connectivity index (χ2v) is 3.81. The van der Waals surface area contributed by atoms with Crippen molar-refractivity contribution in [3.8, 4) is 0 Å². The number of carbonyl (C=O) groups is 1. The number of benzene rings is 1. The van der Waals surface area contributed by atoms with E-state index < -0.39 is 11.9 Å². The first-order chi connectivity index (χ1) is 6.91. The van der Waals surface area contributed by atoms with Crippen LogP contribution in [0, 0.1) is 12.7 Å². The van der Waals surface area contributed by atoms with Crippen LogP contribution in [-0.4, -0.2) is 11.9 Å². The van der Waals surface area contributed by atoms with E-state index in [0.29, 0.717) is 16.1 Å². The Balaban J connectivity index is 2.95. The molecule has 0 aromatic heterocycles. The molecule has 1 amide bonds. The van der Waals surface area contributed by atoms with Crippen LogP contribution in [0.3, 0.4) is 0 Å². The lowest BCUT2D eigenvalue weighted by Gasteiger charge is -2.10. The molecule has 0 aliphatic rings. The maximum absolute atomic E-state index is 13.2. The number of amides is 1. The Labute approximate surface area is 92.2 Å². The standard InChI is InChI=1S/C10H12ClFN2O/c1-5-2-7(11)6(3-8(5)12)4-9(13)10(14)15/h2-3,9H,4,13H2,1H3,(H2,14,15). The Hall–Kier alpha value is -1.13. The summed E-state index contributed by atoms with van der Waals surface area (Å²) in [6, 6.07) is 1.94. The van der Waals surface area contributed by atoms with Crippen LogP contribution in [0.15, 0.2) is 12.1 Å². The zero-order valence-electron chi connectivity index (χ0n) is 8.26. The molecule has 0 saturated heterocycles. The van der Waals surface area contributed by atoms with Crippen molar-refractivity contribution in [2.24, 2.45) is 11.5 Å². The summed E-state index contributed by atoms with van der Waals surface area (Å²) < 4.78 is 13.2. The summed E-state index contributed by atoms with van der Waals surface area (Å²) in [7, 11) is 0. The quantitative estimate of drug-likeness (QED) is 0.818. The molecule has 5 heteroatoms. The van der Waals surface area contributed by atoms with Crippen LogP contribution in [0.5, 0.6) is 0 Å². The monoisotopic (exact) mass is 230 g/mol. The highest BCUT2D eigenvalue weighted by Crippen LogP contribution is 2.21. The molecule has 1 atom stereocenters. The fraction of sp³-hybridized carbons (Fsp3) is 0.300. The highest BCUT2D eigenvalue weighted by atomic mass is 35.5. The number of aryl methyl sites for hydroxylation is 1. The van der Waals surface area contributed by atoms with E-state index in [1.54, 1.807) is 6.92 Å². The summed E-state index contributed by atoms with van der Waals surface area (Å²) in [5, 5.41) is 0.394. The molecular weight excluding hydrogens is 219 g/mol. The zero-order chi connectivity index (χ0) is 11.6. The molecule has 0 aliphatic heterocycles. The molecule has 4 N–H and O–H groups in total. The molecule has 1 aromatic rings. The lowest BCUT2D eigenvalue weighted by Crippen LogP contribution is -2.38. The van der Waals surface area contributed by atoms with Crippen LogP contribution in [0.4, 0.5) is 4.39 Å². The molecule has 15 heavy (non-hydrogen) atoms. The van der Waals surface area contributed by atoms with Crippen LogP contribution in [0.25, 0.3) is 0 Å². The second-order valence-electron chi connectivity index (χ2n) is 3.41. The molecule has 0 aliphatic carbocycles. The fourth-order valence-electron chi connectivity index (χ4n) is 1.18. The predicted octanol–water partition coefficient (Wildman–Crippen LogP) is 1.14. The van der Waals surface area contributed by atoms with E-state index >= 15 is 0 Å². The Morgan fingerprint density at radius 3 is 2.73 bits per heavy atom.